The zero-order valence-corrected chi connectivity index (χ0v) is 21.2. The van der Waals surface area contributed by atoms with Crippen LogP contribution in [-0.2, 0) is 19.7 Å². The number of hydrogen-bond donors (Lipinski definition) is 1. The Bertz CT molecular complexity index is 1090. The number of rotatable bonds is 6. The molecule has 2 aliphatic rings. The van der Waals surface area contributed by atoms with E-state index in [0.29, 0.717) is 12.1 Å². The predicted molar refractivity (Wildman–Crippen MR) is 137 cm³/mol. The molecule has 0 bridgehead atoms. The average molecular weight is 477 g/mol. The number of aryl methyl sites for hydroxylation is 1. The van der Waals surface area contributed by atoms with Crippen LogP contribution in [0, 0.1) is 6.92 Å². The van der Waals surface area contributed by atoms with Crippen molar-refractivity contribution in [1.82, 2.24) is 9.80 Å². The lowest BCUT2D eigenvalue weighted by Gasteiger charge is -2.29. The van der Waals surface area contributed by atoms with Gasteiger partial charge in [-0.2, -0.15) is 0 Å². The molecule has 2 aromatic rings. The van der Waals surface area contributed by atoms with Crippen LogP contribution in [0.25, 0.3) is 5.76 Å². The molecule has 1 N–H and O–H groups in total. The topological polar surface area (TPSA) is 70.1 Å². The summed E-state index contributed by atoms with van der Waals surface area (Å²) in [5.41, 5.74) is 3.74. The van der Waals surface area contributed by atoms with Gasteiger partial charge in [-0.25, -0.2) is 0 Å². The van der Waals surface area contributed by atoms with Crippen LogP contribution in [0.1, 0.15) is 55.5 Å². The lowest BCUT2D eigenvalue weighted by molar-refractivity contribution is -0.140. The molecule has 1 atom stereocenters. The molecule has 6 heteroatoms. The summed E-state index contributed by atoms with van der Waals surface area (Å²) in [5.74, 6) is -1.30. The smallest absolute Gasteiger partial charge is 0.295 e. The summed E-state index contributed by atoms with van der Waals surface area (Å²) in [5, 5.41) is 11.2. The standard InChI is InChI=1S/C29H36N2O4/c1-20-6-8-22(9-7-20)26(32)24-25(21-10-12-23(13-11-21)29(2,3)4)31(28(34)27(24)33)15-5-14-30-16-18-35-19-17-30/h6-13,25,32H,5,14-19H2,1-4H3. The summed E-state index contributed by atoms with van der Waals surface area (Å²) >= 11 is 0. The molecule has 0 saturated carbocycles. The van der Waals surface area contributed by atoms with E-state index in [1.807, 2.05) is 31.2 Å². The predicted octanol–water partition coefficient (Wildman–Crippen LogP) is 4.44. The van der Waals surface area contributed by atoms with Gasteiger partial charge in [0.2, 0.25) is 0 Å². The van der Waals surface area contributed by atoms with Gasteiger partial charge in [-0.1, -0.05) is 74.9 Å². The van der Waals surface area contributed by atoms with Crippen molar-refractivity contribution in [1.29, 1.82) is 0 Å². The molecule has 186 valence electrons. The van der Waals surface area contributed by atoms with Crippen LogP contribution < -0.4 is 0 Å². The summed E-state index contributed by atoms with van der Waals surface area (Å²) < 4.78 is 5.42. The second-order valence-corrected chi connectivity index (χ2v) is 10.5. The van der Waals surface area contributed by atoms with Crippen molar-refractivity contribution >= 4 is 17.4 Å². The summed E-state index contributed by atoms with van der Waals surface area (Å²) in [6.07, 6.45) is 0.744. The first kappa shape index (κ1) is 25.1. The highest BCUT2D eigenvalue weighted by Crippen LogP contribution is 2.40. The molecule has 2 heterocycles. The number of morpholine rings is 1. The number of nitrogens with zero attached hydrogens (tertiary/aromatic N) is 2. The van der Waals surface area contributed by atoms with Gasteiger partial charge in [0.05, 0.1) is 24.8 Å². The zero-order chi connectivity index (χ0) is 25.2. The molecule has 0 spiro atoms. The number of benzene rings is 2. The molecule has 35 heavy (non-hydrogen) atoms. The van der Waals surface area contributed by atoms with E-state index >= 15 is 0 Å². The molecule has 0 aliphatic carbocycles. The van der Waals surface area contributed by atoms with Gasteiger partial charge >= 0.3 is 0 Å². The van der Waals surface area contributed by atoms with Crippen LogP contribution in [-0.4, -0.2) is 66.0 Å². The van der Waals surface area contributed by atoms with Gasteiger partial charge in [0.25, 0.3) is 11.7 Å². The van der Waals surface area contributed by atoms with Crippen molar-refractivity contribution in [3.05, 3.63) is 76.4 Å². The number of amides is 1. The van der Waals surface area contributed by atoms with Crippen LogP contribution >= 0.6 is 0 Å². The molecule has 2 fully saturated rings. The first-order valence-corrected chi connectivity index (χ1v) is 12.4. The maximum atomic E-state index is 13.2. The second kappa shape index (κ2) is 10.3. The second-order valence-electron chi connectivity index (χ2n) is 10.5. The van der Waals surface area contributed by atoms with Gasteiger partial charge in [-0.15, -0.1) is 0 Å². The fraction of sp³-hybridized carbons (Fsp3) is 0.448. The zero-order valence-electron chi connectivity index (χ0n) is 21.2. The van der Waals surface area contributed by atoms with E-state index in [-0.39, 0.29) is 16.7 Å². The third-order valence-electron chi connectivity index (χ3n) is 6.93. The largest absolute Gasteiger partial charge is 0.507 e. The van der Waals surface area contributed by atoms with E-state index in [0.717, 1.165) is 50.4 Å². The Kier molecular flexibility index (Phi) is 7.43. The van der Waals surface area contributed by atoms with E-state index in [9.17, 15) is 14.7 Å². The minimum atomic E-state index is -0.626. The van der Waals surface area contributed by atoms with Crippen LogP contribution in [0.15, 0.2) is 54.1 Å². The SMILES string of the molecule is Cc1ccc(C(O)=C2C(=O)C(=O)N(CCCN3CCOCC3)C2c2ccc(C(C)(C)C)cc2)cc1. The van der Waals surface area contributed by atoms with Gasteiger partial charge in [-0.05, 0) is 29.9 Å². The number of hydrogen-bond acceptors (Lipinski definition) is 5. The Morgan fingerprint density at radius 1 is 0.971 bits per heavy atom. The van der Waals surface area contributed by atoms with Gasteiger partial charge in [0.1, 0.15) is 5.76 Å². The highest BCUT2D eigenvalue weighted by molar-refractivity contribution is 6.46. The maximum Gasteiger partial charge on any atom is 0.295 e. The summed E-state index contributed by atoms with van der Waals surface area (Å²) in [7, 11) is 0. The number of aliphatic hydroxyl groups is 1. The van der Waals surface area contributed by atoms with Gasteiger partial charge in [0.15, 0.2) is 0 Å². The van der Waals surface area contributed by atoms with Crippen molar-refractivity contribution in [2.45, 2.75) is 45.6 Å². The molecule has 1 amide bonds. The van der Waals surface area contributed by atoms with E-state index in [4.69, 9.17) is 4.74 Å². The molecule has 2 saturated heterocycles. The number of carbonyl (C=O) groups excluding carboxylic acids is 2. The molecule has 2 aromatic carbocycles. The van der Waals surface area contributed by atoms with E-state index < -0.39 is 17.7 Å². The quantitative estimate of drug-likeness (QED) is 0.379. The first-order valence-electron chi connectivity index (χ1n) is 12.4. The lowest BCUT2D eigenvalue weighted by Crippen LogP contribution is -2.39. The highest BCUT2D eigenvalue weighted by atomic mass is 16.5. The van der Waals surface area contributed by atoms with Crippen molar-refractivity contribution in [2.75, 3.05) is 39.4 Å². The van der Waals surface area contributed by atoms with E-state index in [1.54, 1.807) is 17.0 Å². The van der Waals surface area contributed by atoms with Crippen molar-refractivity contribution in [3.63, 3.8) is 0 Å². The molecule has 0 aromatic heterocycles. The number of ketones is 1. The number of likely N-dealkylation sites (tertiary alicyclic amines) is 1. The first-order chi connectivity index (χ1) is 16.7. The molecule has 0 radical (unpaired) electrons. The van der Waals surface area contributed by atoms with Gasteiger partial charge < -0.3 is 14.7 Å². The van der Waals surface area contributed by atoms with Crippen molar-refractivity contribution in [2.24, 2.45) is 0 Å². The van der Waals surface area contributed by atoms with E-state index in [1.165, 1.54) is 5.56 Å². The number of ether oxygens (including phenoxy) is 1. The fourth-order valence-corrected chi connectivity index (χ4v) is 4.78. The normalized spacial score (nSPS) is 21.0. The average Bonchev–Trinajstić information content (AvgIpc) is 3.09. The molecular weight excluding hydrogens is 440 g/mol. The summed E-state index contributed by atoms with van der Waals surface area (Å²) in [6, 6.07) is 14.8. The van der Waals surface area contributed by atoms with Crippen LogP contribution in [0.2, 0.25) is 0 Å². The molecule has 4 rings (SSSR count). The third-order valence-corrected chi connectivity index (χ3v) is 6.93. The molecule has 1 unspecified atom stereocenters. The van der Waals surface area contributed by atoms with Crippen LogP contribution in [0.3, 0.4) is 0 Å². The maximum absolute atomic E-state index is 13.2. The Labute approximate surface area is 208 Å². The minimum Gasteiger partial charge on any atom is -0.507 e. The Morgan fingerprint density at radius 3 is 2.20 bits per heavy atom. The number of carbonyl (C=O) groups is 2. The lowest BCUT2D eigenvalue weighted by atomic mass is 9.85. The number of Topliss-reactive ketones (excluding diaryl/α,β-unsaturated/α-hetero) is 1. The summed E-state index contributed by atoms with van der Waals surface area (Å²) in [4.78, 5) is 30.4. The fourth-order valence-electron chi connectivity index (χ4n) is 4.78. The van der Waals surface area contributed by atoms with Gasteiger partial charge in [0, 0.05) is 31.7 Å². The van der Waals surface area contributed by atoms with Crippen molar-refractivity contribution < 1.29 is 19.4 Å². The van der Waals surface area contributed by atoms with Crippen LogP contribution in [0.5, 0.6) is 0 Å². The summed E-state index contributed by atoms with van der Waals surface area (Å²) in [6.45, 7) is 12.9. The minimum absolute atomic E-state index is 0.0135. The molecule has 2 aliphatic heterocycles. The molecular formula is C29H36N2O4. The monoisotopic (exact) mass is 476 g/mol. The molecule has 6 nitrogen and oxygen atoms in total. The Hall–Kier alpha value is -2.96. The van der Waals surface area contributed by atoms with E-state index in [2.05, 4.69) is 37.8 Å². The Balaban J connectivity index is 1.68. The number of aliphatic hydroxyl groups excluding tert-OH is 1. The van der Waals surface area contributed by atoms with Gasteiger partial charge in [-0.3, -0.25) is 14.5 Å². The highest BCUT2D eigenvalue weighted by Gasteiger charge is 2.45. The third kappa shape index (κ3) is 5.49. The van der Waals surface area contributed by atoms with Crippen LogP contribution in [0.4, 0.5) is 0 Å². The Morgan fingerprint density at radius 2 is 1.60 bits per heavy atom. The van der Waals surface area contributed by atoms with Crippen molar-refractivity contribution in [3.8, 4) is 0 Å².